The van der Waals surface area contributed by atoms with Crippen LogP contribution in [0.5, 0.6) is 0 Å². The molecule has 0 aliphatic carbocycles. The van der Waals surface area contributed by atoms with Crippen LogP contribution in [0.15, 0.2) is 47.0 Å². The monoisotopic (exact) mass is 546 g/mol. The number of carbonyl (C=O) groups is 1. The lowest BCUT2D eigenvalue weighted by Gasteiger charge is -2.33. The van der Waals surface area contributed by atoms with Gasteiger partial charge in [0.15, 0.2) is 0 Å². The van der Waals surface area contributed by atoms with E-state index in [2.05, 4.69) is 15.3 Å². The largest absolute Gasteiger partial charge is 0.415 e. The molecular formula is C25H25F3N6O3S. The lowest BCUT2D eigenvalue weighted by atomic mass is 10.1. The highest BCUT2D eigenvalue weighted by molar-refractivity contribution is 7.85. The van der Waals surface area contributed by atoms with Crippen molar-refractivity contribution in [1.29, 1.82) is 0 Å². The van der Waals surface area contributed by atoms with E-state index in [0.29, 0.717) is 30.3 Å². The van der Waals surface area contributed by atoms with Crippen LogP contribution >= 0.6 is 0 Å². The Hall–Kier alpha value is -3.74. The topological polar surface area (TPSA) is 97.4 Å². The normalized spacial score (nSPS) is 14.7. The molecule has 9 nitrogen and oxygen atoms in total. The molecule has 4 aromatic rings. The second kappa shape index (κ2) is 10.6. The minimum Gasteiger partial charge on any atom is -0.415 e. The Morgan fingerprint density at radius 1 is 1.13 bits per heavy atom. The van der Waals surface area contributed by atoms with Gasteiger partial charge in [-0.2, -0.15) is 13.9 Å². The number of rotatable bonds is 6. The number of alkyl halides is 2. The number of anilines is 1. The predicted octanol–water partition coefficient (Wildman–Crippen LogP) is 4.93. The molecule has 13 heteroatoms. The Morgan fingerprint density at radius 3 is 2.55 bits per heavy atom. The highest BCUT2D eigenvalue weighted by Crippen LogP contribution is 2.29. The number of hydrogen-bond acceptors (Lipinski definition) is 6. The van der Waals surface area contributed by atoms with Crippen LogP contribution in [0.25, 0.3) is 22.4 Å². The number of hydrogen-bond donors (Lipinski definition) is 0. The van der Waals surface area contributed by atoms with Crippen molar-refractivity contribution in [3.8, 4) is 11.5 Å². The van der Waals surface area contributed by atoms with Crippen LogP contribution in [0.3, 0.4) is 0 Å². The molecule has 2 aromatic carbocycles. The van der Waals surface area contributed by atoms with Crippen molar-refractivity contribution in [1.82, 2.24) is 24.9 Å². The Morgan fingerprint density at radius 2 is 1.89 bits per heavy atom. The molecule has 2 amide bonds. The van der Waals surface area contributed by atoms with Gasteiger partial charge in [-0.1, -0.05) is 6.07 Å². The smallest absolute Gasteiger partial charge is 0.324 e. The maximum atomic E-state index is 15.3. The third-order valence-electron chi connectivity index (χ3n) is 6.32. The fraction of sp³-hybridized carbons (Fsp3) is 0.360. The van der Waals surface area contributed by atoms with Crippen LogP contribution < -0.4 is 4.90 Å². The zero-order valence-corrected chi connectivity index (χ0v) is 21.5. The number of halogens is 3. The summed E-state index contributed by atoms with van der Waals surface area (Å²) in [5.74, 6) is -0.976. The lowest BCUT2D eigenvalue weighted by molar-refractivity contribution is 0.116. The van der Waals surface area contributed by atoms with E-state index >= 15 is 4.39 Å². The van der Waals surface area contributed by atoms with Crippen molar-refractivity contribution in [3.05, 3.63) is 59.9 Å². The highest BCUT2D eigenvalue weighted by atomic mass is 32.2. The maximum Gasteiger partial charge on any atom is 0.324 e. The van der Waals surface area contributed by atoms with E-state index in [9.17, 15) is 17.8 Å². The van der Waals surface area contributed by atoms with Gasteiger partial charge in [0.2, 0.25) is 5.89 Å². The first-order valence-electron chi connectivity index (χ1n) is 12.0. The van der Waals surface area contributed by atoms with Gasteiger partial charge in [-0.25, -0.2) is 9.18 Å². The quantitative estimate of drug-likeness (QED) is 0.340. The summed E-state index contributed by atoms with van der Waals surface area (Å²) in [6, 6.07) is 9.29. The first kappa shape index (κ1) is 25.9. The van der Waals surface area contributed by atoms with E-state index in [1.54, 1.807) is 17.2 Å². The fourth-order valence-electron chi connectivity index (χ4n) is 4.29. The molecular weight excluding hydrogens is 521 g/mol. The Kier molecular flexibility index (Phi) is 7.19. The van der Waals surface area contributed by atoms with Crippen LogP contribution in [0.2, 0.25) is 0 Å². The van der Waals surface area contributed by atoms with Crippen molar-refractivity contribution in [2.75, 3.05) is 29.5 Å². The van der Waals surface area contributed by atoms with Gasteiger partial charge in [-0.15, -0.1) is 10.2 Å². The van der Waals surface area contributed by atoms with Gasteiger partial charge in [-0.05, 0) is 44.2 Å². The SMILES string of the molecule is CC(C)n1ncc2ccc(N(Cc3ccc(-c4nnc(C(F)F)o4)cc3F)C(=O)N3CCS(=O)CC3)cc21. The molecule has 2 aromatic heterocycles. The molecule has 1 saturated heterocycles. The lowest BCUT2D eigenvalue weighted by Crippen LogP contribution is -2.48. The van der Waals surface area contributed by atoms with E-state index in [-0.39, 0.29) is 35.6 Å². The minimum absolute atomic E-state index is 0.0873. The zero-order valence-electron chi connectivity index (χ0n) is 20.7. The van der Waals surface area contributed by atoms with Crippen molar-refractivity contribution < 1.29 is 26.6 Å². The van der Waals surface area contributed by atoms with Crippen LogP contribution in [0, 0.1) is 5.82 Å². The van der Waals surface area contributed by atoms with E-state index in [0.717, 1.165) is 17.0 Å². The number of urea groups is 1. The highest BCUT2D eigenvalue weighted by Gasteiger charge is 2.27. The maximum absolute atomic E-state index is 15.3. The predicted molar refractivity (Wildman–Crippen MR) is 136 cm³/mol. The van der Waals surface area contributed by atoms with E-state index in [1.807, 2.05) is 30.7 Å². The minimum atomic E-state index is -2.93. The summed E-state index contributed by atoms with van der Waals surface area (Å²) >= 11 is 0. The van der Waals surface area contributed by atoms with Crippen LogP contribution in [0.4, 0.5) is 23.7 Å². The van der Waals surface area contributed by atoms with Crippen molar-refractivity contribution in [2.24, 2.45) is 0 Å². The number of nitrogens with zero attached hydrogens (tertiary/aromatic N) is 6. The summed E-state index contributed by atoms with van der Waals surface area (Å²) in [6.45, 7) is 4.57. The average molecular weight is 547 g/mol. The summed E-state index contributed by atoms with van der Waals surface area (Å²) in [4.78, 5) is 16.8. The summed E-state index contributed by atoms with van der Waals surface area (Å²) < 4.78 is 59.5. The number of aromatic nitrogens is 4. The third-order valence-corrected chi connectivity index (χ3v) is 7.59. The van der Waals surface area contributed by atoms with Crippen molar-refractivity contribution >= 4 is 33.4 Å². The van der Waals surface area contributed by atoms with Gasteiger partial charge in [0.25, 0.3) is 5.89 Å². The van der Waals surface area contributed by atoms with E-state index in [4.69, 9.17) is 4.42 Å². The average Bonchev–Trinajstić information content (AvgIpc) is 3.56. The Labute approximate surface area is 218 Å². The number of benzene rings is 2. The molecule has 1 fully saturated rings. The molecule has 5 rings (SSSR count). The molecule has 0 saturated carbocycles. The van der Waals surface area contributed by atoms with Crippen LogP contribution in [0.1, 0.15) is 37.8 Å². The van der Waals surface area contributed by atoms with Gasteiger partial charge in [0, 0.05) is 63.6 Å². The zero-order chi connectivity index (χ0) is 27.0. The van der Waals surface area contributed by atoms with Gasteiger partial charge in [-0.3, -0.25) is 13.8 Å². The van der Waals surface area contributed by atoms with Gasteiger partial charge in [0.05, 0.1) is 18.3 Å². The number of fused-ring (bicyclic) bond motifs is 1. The third kappa shape index (κ3) is 5.15. The second-order valence-corrected chi connectivity index (χ2v) is 10.9. The van der Waals surface area contributed by atoms with Crippen LogP contribution in [-0.2, 0) is 17.3 Å². The summed E-state index contributed by atoms with van der Waals surface area (Å²) in [6.07, 6.45) is -1.18. The Balaban J connectivity index is 1.49. The summed E-state index contributed by atoms with van der Waals surface area (Å²) in [5.41, 5.74) is 1.73. The molecule has 0 spiro atoms. The summed E-state index contributed by atoms with van der Waals surface area (Å²) in [5, 5.41) is 12.2. The standard InChI is InChI=1S/C25H25F3N6O3S/c1-15(2)34-21-12-19(6-5-17(21)13-29-34)33(25(35)32-7-9-38(36)10-8-32)14-18-4-3-16(11-20(18)26)23-30-31-24(37-23)22(27)28/h3-6,11-13,15,22H,7-10,14H2,1-2H3. The first-order chi connectivity index (χ1) is 18.2. The summed E-state index contributed by atoms with van der Waals surface area (Å²) in [7, 11) is -0.971. The van der Waals surface area contributed by atoms with Gasteiger partial charge >= 0.3 is 12.5 Å². The molecule has 1 aliphatic rings. The molecule has 3 heterocycles. The van der Waals surface area contributed by atoms with Crippen LogP contribution in [-0.4, -0.2) is 59.7 Å². The number of carbonyl (C=O) groups excluding carboxylic acids is 1. The number of amides is 2. The van der Waals surface area contributed by atoms with E-state index in [1.165, 1.54) is 17.0 Å². The molecule has 200 valence electrons. The molecule has 38 heavy (non-hydrogen) atoms. The second-order valence-electron chi connectivity index (χ2n) is 9.18. The molecule has 0 bridgehead atoms. The van der Waals surface area contributed by atoms with Crippen molar-refractivity contribution in [3.63, 3.8) is 0 Å². The molecule has 0 atom stereocenters. The molecule has 0 unspecified atom stereocenters. The Bertz CT molecular complexity index is 1490. The van der Waals surface area contributed by atoms with Gasteiger partial charge in [0.1, 0.15) is 5.82 Å². The fourth-order valence-corrected chi connectivity index (χ4v) is 5.35. The van der Waals surface area contributed by atoms with Crippen molar-refractivity contribution in [2.45, 2.75) is 32.9 Å². The van der Waals surface area contributed by atoms with Gasteiger partial charge < -0.3 is 9.32 Å². The molecule has 1 aliphatic heterocycles. The molecule has 0 N–H and O–H groups in total. The van der Waals surface area contributed by atoms with E-state index < -0.39 is 28.9 Å². The molecule has 0 radical (unpaired) electrons. The first-order valence-corrected chi connectivity index (χ1v) is 13.5.